The van der Waals surface area contributed by atoms with E-state index in [1.54, 1.807) is 0 Å². The Hall–Kier alpha value is -1.53. The van der Waals surface area contributed by atoms with Crippen molar-refractivity contribution in [2.75, 3.05) is 13.7 Å². The van der Waals surface area contributed by atoms with E-state index in [1.807, 2.05) is 25.2 Å². The molecule has 0 aliphatic heterocycles. The third-order valence-electron chi connectivity index (χ3n) is 4.07. The minimum atomic E-state index is -0.551. The van der Waals surface area contributed by atoms with E-state index in [4.69, 9.17) is 4.74 Å². The number of rotatable bonds is 5. The van der Waals surface area contributed by atoms with Crippen molar-refractivity contribution in [3.8, 4) is 11.8 Å². The van der Waals surface area contributed by atoms with Gasteiger partial charge in [0.1, 0.15) is 17.9 Å². The van der Waals surface area contributed by atoms with Crippen molar-refractivity contribution < 1.29 is 4.74 Å². The summed E-state index contributed by atoms with van der Waals surface area (Å²) in [5, 5.41) is 12.7. The zero-order valence-corrected chi connectivity index (χ0v) is 12.9. The second-order valence-electron chi connectivity index (χ2n) is 6.64. The van der Waals surface area contributed by atoms with Crippen LogP contribution in [0.5, 0.6) is 5.75 Å². The molecule has 1 saturated carbocycles. The molecule has 2 rings (SSSR count). The summed E-state index contributed by atoms with van der Waals surface area (Å²) < 4.78 is 6.03. The van der Waals surface area contributed by atoms with Gasteiger partial charge in [0.25, 0.3) is 0 Å². The third kappa shape index (κ3) is 2.96. The maximum atomic E-state index is 9.50. The van der Waals surface area contributed by atoms with E-state index in [9.17, 15) is 5.26 Å². The zero-order valence-electron chi connectivity index (χ0n) is 12.9. The van der Waals surface area contributed by atoms with Gasteiger partial charge in [0.15, 0.2) is 0 Å². The van der Waals surface area contributed by atoms with E-state index in [0.717, 1.165) is 18.6 Å². The largest absolute Gasteiger partial charge is 0.490 e. The summed E-state index contributed by atoms with van der Waals surface area (Å²) in [6, 6.07) is 10.5. The van der Waals surface area contributed by atoms with Crippen molar-refractivity contribution in [1.29, 1.82) is 5.26 Å². The second-order valence-corrected chi connectivity index (χ2v) is 6.64. The van der Waals surface area contributed by atoms with Crippen molar-refractivity contribution in [1.82, 2.24) is 5.32 Å². The number of likely N-dealkylation sites (N-methyl/N-ethyl adjacent to an activating group) is 1. The van der Waals surface area contributed by atoms with E-state index in [-0.39, 0.29) is 5.41 Å². The van der Waals surface area contributed by atoms with Gasteiger partial charge in [0.2, 0.25) is 0 Å². The molecule has 1 unspecified atom stereocenters. The molecule has 0 amide bonds. The lowest BCUT2D eigenvalue weighted by Crippen LogP contribution is -2.49. The van der Waals surface area contributed by atoms with Crippen molar-refractivity contribution in [3.05, 3.63) is 29.8 Å². The Morgan fingerprint density at radius 2 is 1.95 bits per heavy atom. The first-order chi connectivity index (χ1) is 9.43. The Kier molecular flexibility index (Phi) is 4.06. The Labute approximate surface area is 121 Å². The normalized spacial score (nSPS) is 18.1. The van der Waals surface area contributed by atoms with Gasteiger partial charge in [-0.3, -0.25) is 5.32 Å². The van der Waals surface area contributed by atoms with E-state index in [0.29, 0.717) is 12.5 Å². The molecule has 1 fully saturated rings. The van der Waals surface area contributed by atoms with Crippen LogP contribution in [0.15, 0.2) is 24.3 Å². The van der Waals surface area contributed by atoms with Crippen molar-refractivity contribution in [2.45, 2.75) is 44.6 Å². The SMILES string of the molecule is CNC(C#N)(COc1ccccc1C(C)(C)C)C1CC1. The molecule has 0 aromatic heterocycles. The minimum absolute atomic E-state index is 0.0329. The molecule has 0 saturated heterocycles. The molecule has 20 heavy (non-hydrogen) atoms. The molecule has 1 atom stereocenters. The van der Waals surface area contributed by atoms with Crippen LogP contribution in [-0.4, -0.2) is 19.2 Å². The van der Waals surface area contributed by atoms with Crippen LogP contribution in [0.2, 0.25) is 0 Å². The van der Waals surface area contributed by atoms with Crippen molar-refractivity contribution >= 4 is 0 Å². The Balaban J connectivity index is 2.17. The number of nitriles is 1. The van der Waals surface area contributed by atoms with Gasteiger partial charge in [0.05, 0.1) is 6.07 Å². The molecule has 1 aromatic carbocycles. The maximum absolute atomic E-state index is 9.50. The van der Waals surface area contributed by atoms with Crippen molar-refractivity contribution in [2.24, 2.45) is 5.92 Å². The first-order valence-electron chi connectivity index (χ1n) is 7.25. The van der Waals surface area contributed by atoms with Crippen LogP contribution in [0.25, 0.3) is 0 Å². The summed E-state index contributed by atoms with van der Waals surface area (Å²) in [5.41, 5.74) is 0.662. The monoisotopic (exact) mass is 272 g/mol. The molecular formula is C17H24N2O. The van der Waals surface area contributed by atoms with Crippen LogP contribution in [0.4, 0.5) is 0 Å². The van der Waals surface area contributed by atoms with Gasteiger partial charge in [-0.15, -0.1) is 0 Å². The molecule has 0 spiro atoms. The summed E-state index contributed by atoms with van der Waals surface area (Å²) in [6.45, 7) is 6.92. The van der Waals surface area contributed by atoms with Gasteiger partial charge in [-0.2, -0.15) is 5.26 Å². The summed E-state index contributed by atoms with van der Waals surface area (Å²) in [6.07, 6.45) is 2.22. The van der Waals surface area contributed by atoms with E-state index in [1.165, 1.54) is 5.56 Å². The van der Waals surface area contributed by atoms with Crippen LogP contribution in [-0.2, 0) is 5.41 Å². The van der Waals surface area contributed by atoms with Gasteiger partial charge in [-0.1, -0.05) is 39.0 Å². The average Bonchev–Trinajstić information content (AvgIpc) is 3.25. The van der Waals surface area contributed by atoms with Crippen LogP contribution in [0.1, 0.15) is 39.2 Å². The molecular weight excluding hydrogens is 248 g/mol. The molecule has 0 radical (unpaired) electrons. The summed E-state index contributed by atoms with van der Waals surface area (Å²) >= 11 is 0. The predicted octanol–water partition coefficient (Wildman–Crippen LogP) is 3.25. The predicted molar refractivity (Wildman–Crippen MR) is 80.8 cm³/mol. The van der Waals surface area contributed by atoms with Crippen LogP contribution in [0, 0.1) is 17.2 Å². The number of para-hydroxylation sites is 1. The standard InChI is InChI=1S/C17H24N2O/c1-16(2,3)14-7-5-6-8-15(14)20-12-17(11-18,19-4)13-9-10-13/h5-8,13,19H,9-10,12H2,1-4H3. The molecule has 3 heteroatoms. The Morgan fingerprint density at radius 1 is 1.30 bits per heavy atom. The fourth-order valence-electron chi connectivity index (χ4n) is 2.55. The van der Waals surface area contributed by atoms with E-state index in [2.05, 4.69) is 38.2 Å². The van der Waals surface area contributed by atoms with Crippen LogP contribution >= 0.6 is 0 Å². The van der Waals surface area contributed by atoms with Crippen LogP contribution in [0.3, 0.4) is 0 Å². The van der Waals surface area contributed by atoms with E-state index >= 15 is 0 Å². The zero-order chi connectivity index (χ0) is 14.8. The highest BCUT2D eigenvalue weighted by atomic mass is 16.5. The third-order valence-corrected chi connectivity index (χ3v) is 4.07. The van der Waals surface area contributed by atoms with E-state index < -0.39 is 5.54 Å². The lowest BCUT2D eigenvalue weighted by atomic mass is 9.86. The molecule has 1 N–H and O–H groups in total. The summed E-state index contributed by atoms with van der Waals surface area (Å²) in [7, 11) is 1.85. The minimum Gasteiger partial charge on any atom is -0.490 e. The fourth-order valence-corrected chi connectivity index (χ4v) is 2.55. The molecule has 1 aromatic rings. The fraction of sp³-hybridized carbons (Fsp3) is 0.588. The first kappa shape index (κ1) is 14.9. The molecule has 108 valence electrons. The van der Waals surface area contributed by atoms with Gasteiger partial charge in [-0.05, 0) is 42.9 Å². The van der Waals surface area contributed by atoms with Gasteiger partial charge < -0.3 is 4.74 Å². The average molecular weight is 272 g/mol. The number of hydrogen-bond donors (Lipinski definition) is 1. The van der Waals surface area contributed by atoms with Crippen molar-refractivity contribution in [3.63, 3.8) is 0 Å². The highest BCUT2D eigenvalue weighted by Gasteiger charge is 2.45. The summed E-state index contributed by atoms with van der Waals surface area (Å²) in [4.78, 5) is 0. The Bertz CT molecular complexity index is 508. The second kappa shape index (κ2) is 5.46. The lowest BCUT2D eigenvalue weighted by molar-refractivity contribution is 0.207. The number of nitrogens with zero attached hydrogens (tertiary/aromatic N) is 1. The topological polar surface area (TPSA) is 45.0 Å². The number of ether oxygens (including phenoxy) is 1. The van der Waals surface area contributed by atoms with Gasteiger partial charge in [-0.25, -0.2) is 0 Å². The molecule has 1 aliphatic carbocycles. The first-order valence-corrected chi connectivity index (χ1v) is 7.25. The molecule has 3 nitrogen and oxygen atoms in total. The molecule has 0 bridgehead atoms. The molecule has 0 heterocycles. The maximum Gasteiger partial charge on any atom is 0.143 e. The van der Waals surface area contributed by atoms with Crippen LogP contribution < -0.4 is 10.1 Å². The smallest absolute Gasteiger partial charge is 0.143 e. The lowest BCUT2D eigenvalue weighted by Gasteiger charge is -2.28. The van der Waals surface area contributed by atoms with Gasteiger partial charge >= 0.3 is 0 Å². The Morgan fingerprint density at radius 3 is 2.45 bits per heavy atom. The highest BCUT2D eigenvalue weighted by Crippen LogP contribution is 2.40. The number of benzene rings is 1. The summed E-state index contributed by atoms with van der Waals surface area (Å²) in [5.74, 6) is 1.30. The molecule has 1 aliphatic rings. The quantitative estimate of drug-likeness (QED) is 0.895. The number of nitrogens with one attached hydrogen (secondary N) is 1. The number of hydrogen-bond acceptors (Lipinski definition) is 3. The highest BCUT2D eigenvalue weighted by molar-refractivity contribution is 5.38. The van der Waals surface area contributed by atoms with Gasteiger partial charge in [0, 0.05) is 0 Å².